The highest BCUT2D eigenvalue weighted by Gasteiger charge is 2.34. The lowest BCUT2D eigenvalue weighted by molar-refractivity contribution is -0.147. The maximum atomic E-state index is 12.0. The molecule has 1 saturated carbocycles. The molecule has 0 bridgehead atoms. The first-order valence-electron chi connectivity index (χ1n) is 9.88. The minimum absolute atomic E-state index is 0.167. The topological polar surface area (TPSA) is 47.6 Å². The molecule has 1 aliphatic carbocycles. The van der Waals surface area contributed by atoms with Crippen molar-refractivity contribution in [2.45, 2.75) is 78.4 Å². The number of nitrogens with one attached hydrogen (secondary N) is 1. The Morgan fingerprint density at radius 2 is 1.65 bits per heavy atom. The van der Waals surface area contributed by atoms with Crippen LogP contribution >= 0.6 is 0 Å². The van der Waals surface area contributed by atoms with Crippen molar-refractivity contribution in [1.82, 2.24) is 0 Å². The molecule has 0 aromatic heterocycles. The van der Waals surface area contributed by atoms with Gasteiger partial charge in [0.15, 0.2) is 0 Å². The molecular weight excluding hydrogens is 326 g/mol. The minimum atomic E-state index is -0.767. The third-order valence-corrected chi connectivity index (χ3v) is 5.48. The van der Waals surface area contributed by atoms with Crippen LogP contribution in [0.15, 0.2) is 24.3 Å². The van der Waals surface area contributed by atoms with Gasteiger partial charge in [0, 0.05) is 5.69 Å². The van der Waals surface area contributed by atoms with Gasteiger partial charge < -0.3 is 14.8 Å². The summed E-state index contributed by atoms with van der Waals surface area (Å²) < 4.78 is 11.4. The van der Waals surface area contributed by atoms with Crippen LogP contribution in [0.3, 0.4) is 0 Å². The highest BCUT2D eigenvalue weighted by Crippen LogP contribution is 2.37. The number of rotatable bonds is 7. The molecule has 4 nitrogen and oxygen atoms in total. The van der Waals surface area contributed by atoms with Crippen LogP contribution in [0, 0.1) is 11.8 Å². The first-order chi connectivity index (χ1) is 12.1. The Hall–Kier alpha value is -1.71. The van der Waals surface area contributed by atoms with Crippen LogP contribution in [0.1, 0.15) is 67.2 Å². The Bertz CT molecular complexity index is 584. The van der Waals surface area contributed by atoms with E-state index in [9.17, 15) is 4.79 Å². The van der Waals surface area contributed by atoms with Crippen LogP contribution in [-0.4, -0.2) is 23.7 Å². The predicted molar refractivity (Wildman–Crippen MR) is 107 cm³/mol. The number of hydrogen-bond acceptors (Lipinski definition) is 4. The molecule has 0 amide bonds. The van der Waals surface area contributed by atoms with Gasteiger partial charge in [-0.25, -0.2) is 4.79 Å². The molecule has 0 saturated heterocycles. The molecule has 1 aliphatic rings. The van der Waals surface area contributed by atoms with Crippen molar-refractivity contribution in [3.05, 3.63) is 24.3 Å². The van der Waals surface area contributed by atoms with Gasteiger partial charge in [0.25, 0.3) is 0 Å². The van der Waals surface area contributed by atoms with Crippen molar-refractivity contribution in [3.63, 3.8) is 0 Å². The molecule has 1 N–H and O–H groups in total. The second-order valence-corrected chi connectivity index (χ2v) is 8.66. The zero-order valence-corrected chi connectivity index (χ0v) is 17.2. The fourth-order valence-corrected chi connectivity index (χ4v) is 3.67. The lowest BCUT2D eigenvalue weighted by atomic mass is 9.75. The van der Waals surface area contributed by atoms with E-state index in [1.54, 1.807) is 0 Å². The van der Waals surface area contributed by atoms with E-state index in [-0.39, 0.29) is 11.6 Å². The van der Waals surface area contributed by atoms with Gasteiger partial charge in [0.2, 0.25) is 0 Å². The van der Waals surface area contributed by atoms with E-state index in [0.717, 1.165) is 17.4 Å². The van der Waals surface area contributed by atoms with Crippen LogP contribution in [0.4, 0.5) is 5.69 Å². The molecule has 0 spiro atoms. The van der Waals surface area contributed by atoms with Gasteiger partial charge in [0.1, 0.15) is 16.9 Å². The number of carbonyl (C=O) groups excluding carboxylic acids is 1. The fraction of sp³-hybridized carbons (Fsp3) is 0.682. The molecule has 0 aliphatic heterocycles. The van der Waals surface area contributed by atoms with Crippen molar-refractivity contribution in [1.29, 1.82) is 0 Å². The molecule has 2 rings (SSSR count). The van der Waals surface area contributed by atoms with Gasteiger partial charge in [-0.2, -0.15) is 0 Å². The van der Waals surface area contributed by atoms with Crippen LogP contribution in [0.5, 0.6) is 5.75 Å². The number of anilines is 1. The summed E-state index contributed by atoms with van der Waals surface area (Å²) in [6.45, 7) is 12.6. The second-order valence-electron chi connectivity index (χ2n) is 8.66. The number of esters is 1. The van der Waals surface area contributed by atoms with Crippen LogP contribution < -0.4 is 10.1 Å². The fourth-order valence-electron chi connectivity index (χ4n) is 3.67. The second kappa shape index (κ2) is 8.32. The number of benzene rings is 1. The summed E-state index contributed by atoms with van der Waals surface area (Å²) >= 11 is 0. The maximum Gasteiger partial charge on any atom is 0.331 e. The highest BCUT2D eigenvalue weighted by molar-refractivity contribution is 5.83. The SMILES string of the molecule is CCOC(=O)C(C)(C)Nc1ccc(OC(C)(C)C2CCC(C)CC2)cc1. The van der Waals surface area contributed by atoms with Gasteiger partial charge in [-0.05, 0) is 83.6 Å². The molecule has 0 unspecified atom stereocenters. The van der Waals surface area contributed by atoms with Crippen LogP contribution in [0.25, 0.3) is 0 Å². The normalized spacial score (nSPS) is 21.2. The van der Waals surface area contributed by atoms with Gasteiger partial charge in [0.05, 0.1) is 6.61 Å². The summed E-state index contributed by atoms with van der Waals surface area (Å²) in [7, 11) is 0. The Labute approximate surface area is 158 Å². The Kier molecular flexibility index (Phi) is 6.59. The van der Waals surface area contributed by atoms with E-state index in [2.05, 4.69) is 26.1 Å². The van der Waals surface area contributed by atoms with Crippen molar-refractivity contribution in [3.8, 4) is 5.75 Å². The molecule has 0 heterocycles. The van der Waals surface area contributed by atoms with Crippen LogP contribution in [-0.2, 0) is 9.53 Å². The molecular formula is C22H35NO3. The Morgan fingerprint density at radius 1 is 1.08 bits per heavy atom. The molecule has 1 fully saturated rings. The first-order valence-corrected chi connectivity index (χ1v) is 9.88. The summed E-state index contributed by atoms with van der Waals surface area (Å²) in [4.78, 5) is 12.0. The average Bonchev–Trinajstić information content (AvgIpc) is 2.57. The van der Waals surface area contributed by atoms with Gasteiger partial charge in [-0.15, -0.1) is 0 Å². The molecule has 4 heteroatoms. The van der Waals surface area contributed by atoms with Gasteiger partial charge in [-0.1, -0.05) is 19.8 Å². The lowest BCUT2D eigenvalue weighted by Crippen LogP contribution is -2.41. The number of hydrogen-bond donors (Lipinski definition) is 1. The average molecular weight is 362 g/mol. The number of carbonyl (C=O) groups is 1. The van der Waals surface area contributed by atoms with E-state index < -0.39 is 5.54 Å². The lowest BCUT2D eigenvalue weighted by Gasteiger charge is -2.39. The van der Waals surface area contributed by atoms with Crippen LogP contribution in [0.2, 0.25) is 0 Å². The van der Waals surface area contributed by atoms with Gasteiger partial charge >= 0.3 is 5.97 Å². The Morgan fingerprint density at radius 3 is 2.19 bits per heavy atom. The van der Waals surface area contributed by atoms with Gasteiger partial charge in [-0.3, -0.25) is 0 Å². The molecule has 146 valence electrons. The number of ether oxygens (including phenoxy) is 2. The molecule has 0 atom stereocenters. The minimum Gasteiger partial charge on any atom is -0.488 e. The van der Waals surface area contributed by atoms with Crippen molar-refractivity contribution in [2.75, 3.05) is 11.9 Å². The molecule has 1 aromatic carbocycles. The third kappa shape index (κ3) is 5.39. The smallest absolute Gasteiger partial charge is 0.331 e. The zero-order valence-electron chi connectivity index (χ0n) is 17.2. The monoisotopic (exact) mass is 361 g/mol. The summed E-state index contributed by atoms with van der Waals surface area (Å²) in [5.74, 6) is 2.05. The standard InChI is InChI=1S/C22H35NO3/c1-7-25-20(24)21(3,4)23-18-12-14-19(15-13-18)26-22(5,6)17-10-8-16(2)9-11-17/h12-17,23H,7-11H2,1-6H3. The summed E-state index contributed by atoms with van der Waals surface area (Å²) in [5, 5.41) is 3.23. The summed E-state index contributed by atoms with van der Waals surface area (Å²) in [6, 6.07) is 7.85. The van der Waals surface area contributed by atoms with E-state index in [1.165, 1.54) is 25.7 Å². The van der Waals surface area contributed by atoms with Crippen molar-refractivity contribution < 1.29 is 14.3 Å². The third-order valence-electron chi connectivity index (χ3n) is 5.48. The maximum absolute atomic E-state index is 12.0. The quantitative estimate of drug-likeness (QED) is 0.658. The Balaban J connectivity index is 1.97. The van der Waals surface area contributed by atoms with E-state index in [4.69, 9.17) is 9.47 Å². The molecule has 26 heavy (non-hydrogen) atoms. The molecule has 0 radical (unpaired) electrons. The van der Waals surface area contributed by atoms with Crippen molar-refractivity contribution >= 4 is 11.7 Å². The van der Waals surface area contributed by atoms with E-state index >= 15 is 0 Å². The highest BCUT2D eigenvalue weighted by atomic mass is 16.5. The summed E-state index contributed by atoms with van der Waals surface area (Å²) in [5.41, 5.74) is -0.0601. The van der Waals surface area contributed by atoms with E-state index in [1.807, 2.05) is 45.0 Å². The van der Waals surface area contributed by atoms with E-state index in [0.29, 0.717) is 12.5 Å². The molecule has 1 aromatic rings. The largest absolute Gasteiger partial charge is 0.488 e. The predicted octanol–water partition coefficient (Wildman–Crippen LogP) is 5.42. The van der Waals surface area contributed by atoms with Crippen molar-refractivity contribution in [2.24, 2.45) is 11.8 Å². The summed E-state index contributed by atoms with van der Waals surface area (Å²) in [6.07, 6.45) is 5.07. The first kappa shape index (κ1) is 20.6. The zero-order chi connectivity index (χ0) is 19.4.